The first-order chi connectivity index (χ1) is 10.2. The van der Waals surface area contributed by atoms with Gasteiger partial charge in [-0.3, -0.25) is 14.9 Å². The van der Waals surface area contributed by atoms with E-state index in [0.717, 1.165) is 10.8 Å². The molecule has 3 aromatic rings. The Balaban J connectivity index is 2.20. The van der Waals surface area contributed by atoms with Crippen molar-refractivity contribution < 1.29 is 9.72 Å². The Morgan fingerprint density at radius 2 is 1.43 bits per heavy atom. The normalized spacial score (nSPS) is 10.5. The second-order valence-electron chi connectivity index (χ2n) is 4.63. The van der Waals surface area contributed by atoms with E-state index in [0.29, 0.717) is 5.56 Å². The zero-order valence-electron chi connectivity index (χ0n) is 11.0. The number of benzene rings is 3. The number of hydrogen-bond acceptors (Lipinski definition) is 3. The Hall–Kier alpha value is -3.01. The highest BCUT2D eigenvalue weighted by molar-refractivity contribution is 6.18. The largest absolute Gasteiger partial charge is 0.288 e. The van der Waals surface area contributed by atoms with Gasteiger partial charge in [0.05, 0.1) is 4.92 Å². The lowest BCUT2D eigenvalue weighted by Crippen LogP contribution is -2.05. The molecule has 21 heavy (non-hydrogen) atoms. The minimum atomic E-state index is -0.529. The summed E-state index contributed by atoms with van der Waals surface area (Å²) in [5, 5.41) is 12.8. The van der Waals surface area contributed by atoms with Crippen LogP contribution in [0.5, 0.6) is 0 Å². The Kier molecular flexibility index (Phi) is 3.20. The zero-order valence-corrected chi connectivity index (χ0v) is 11.0. The SMILES string of the molecule is O=C(c1ccccc1[N+](=O)[O-])c1cccc2ccccc12. The third-order valence-corrected chi connectivity index (χ3v) is 3.38. The van der Waals surface area contributed by atoms with Gasteiger partial charge in [-0.1, -0.05) is 54.6 Å². The monoisotopic (exact) mass is 277 g/mol. The van der Waals surface area contributed by atoms with Crippen molar-refractivity contribution in [2.75, 3.05) is 0 Å². The van der Waals surface area contributed by atoms with Gasteiger partial charge in [-0.05, 0) is 16.8 Å². The van der Waals surface area contributed by atoms with Crippen LogP contribution in [0.4, 0.5) is 5.69 Å². The molecule has 4 heteroatoms. The van der Waals surface area contributed by atoms with Crippen molar-refractivity contribution in [1.29, 1.82) is 0 Å². The number of hydrogen-bond donors (Lipinski definition) is 0. The fraction of sp³-hybridized carbons (Fsp3) is 0. The molecule has 0 saturated carbocycles. The van der Waals surface area contributed by atoms with Crippen molar-refractivity contribution in [2.45, 2.75) is 0 Å². The fourth-order valence-corrected chi connectivity index (χ4v) is 2.39. The molecule has 3 rings (SSSR count). The third kappa shape index (κ3) is 2.27. The molecule has 0 saturated heterocycles. The summed E-state index contributed by atoms with van der Waals surface area (Å²) in [5.74, 6) is -0.334. The van der Waals surface area contributed by atoms with Gasteiger partial charge >= 0.3 is 0 Å². The number of para-hydroxylation sites is 1. The Morgan fingerprint density at radius 1 is 0.810 bits per heavy atom. The number of nitro groups is 1. The maximum Gasteiger partial charge on any atom is 0.280 e. The van der Waals surface area contributed by atoms with E-state index in [1.165, 1.54) is 12.1 Å². The zero-order chi connectivity index (χ0) is 14.8. The van der Waals surface area contributed by atoms with Crippen molar-refractivity contribution >= 4 is 22.2 Å². The van der Waals surface area contributed by atoms with Gasteiger partial charge in [0.15, 0.2) is 0 Å². The first-order valence-electron chi connectivity index (χ1n) is 6.44. The summed E-state index contributed by atoms with van der Waals surface area (Å²) in [5.41, 5.74) is 0.414. The number of fused-ring (bicyclic) bond motifs is 1. The molecule has 102 valence electrons. The lowest BCUT2D eigenvalue weighted by Gasteiger charge is -2.06. The van der Waals surface area contributed by atoms with E-state index in [1.54, 1.807) is 24.3 Å². The summed E-state index contributed by atoms with van der Waals surface area (Å²) in [6, 6.07) is 18.9. The van der Waals surface area contributed by atoms with Crippen LogP contribution in [0, 0.1) is 10.1 Å². The molecule has 0 unspecified atom stereocenters. The molecule has 0 aliphatic rings. The quantitative estimate of drug-likeness (QED) is 0.413. The molecule has 0 bridgehead atoms. The predicted molar refractivity (Wildman–Crippen MR) is 80.5 cm³/mol. The molecule has 0 aliphatic heterocycles. The van der Waals surface area contributed by atoms with Crippen LogP contribution in [-0.2, 0) is 0 Å². The van der Waals surface area contributed by atoms with Crippen LogP contribution >= 0.6 is 0 Å². The van der Waals surface area contributed by atoms with Crippen molar-refractivity contribution in [1.82, 2.24) is 0 Å². The van der Waals surface area contributed by atoms with E-state index in [-0.39, 0.29) is 17.0 Å². The second-order valence-corrected chi connectivity index (χ2v) is 4.63. The standard InChI is InChI=1S/C17H11NO3/c19-17(15-9-3-4-11-16(15)18(20)21)14-10-5-7-12-6-1-2-8-13(12)14/h1-11H. The molecule has 0 radical (unpaired) electrons. The van der Waals surface area contributed by atoms with Crippen molar-refractivity contribution in [2.24, 2.45) is 0 Å². The lowest BCUT2D eigenvalue weighted by atomic mass is 9.96. The van der Waals surface area contributed by atoms with Crippen molar-refractivity contribution in [3.05, 3.63) is 88.0 Å². The number of carbonyl (C=O) groups excluding carboxylic acids is 1. The third-order valence-electron chi connectivity index (χ3n) is 3.38. The number of nitrogens with zero attached hydrogens (tertiary/aromatic N) is 1. The van der Waals surface area contributed by atoms with E-state index >= 15 is 0 Å². The van der Waals surface area contributed by atoms with Crippen LogP contribution in [0.2, 0.25) is 0 Å². The average Bonchev–Trinajstić information content (AvgIpc) is 2.53. The molecule has 0 spiro atoms. The van der Waals surface area contributed by atoms with Crippen LogP contribution in [0.15, 0.2) is 66.7 Å². The van der Waals surface area contributed by atoms with E-state index in [2.05, 4.69) is 0 Å². The molecular formula is C17H11NO3. The Bertz CT molecular complexity index is 850. The van der Waals surface area contributed by atoms with E-state index < -0.39 is 4.92 Å². The number of carbonyl (C=O) groups is 1. The minimum absolute atomic E-state index is 0.110. The highest BCUT2D eigenvalue weighted by Gasteiger charge is 2.21. The second kappa shape index (κ2) is 5.17. The van der Waals surface area contributed by atoms with Gasteiger partial charge in [0.2, 0.25) is 5.78 Å². The van der Waals surface area contributed by atoms with Crippen LogP contribution in [0.25, 0.3) is 10.8 Å². The van der Waals surface area contributed by atoms with Crippen LogP contribution in [0.3, 0.4) is 0 Å². The molecule has 0 aliphatic carbocycles. The maximum atomic E-state index is 12.7. The van der Waals surface area contributed by atoms with E-state index in [9.17, 15) is 14.9 Å². The first-order valence-corrected chi connectivity index (χ1v) is 6.44. The minimum Gasteiger partial charge on any atom is -0.288 e. The lowest BCUT2D eigenvalue weighted by molar-refractivity contribution is -0.385. The van der Waals surface area contributed by atoms with Gasteiger partial charge in [0.1, 0.15) is 5.56 Å². The fourth-order valence-electron chi connectivity index (χ4n) is 2.39. The molecule has 0 amide bonds. The number of nitro benzene ring substituents is 1. The molecule has 4 nitrogen and oxygen atoms in total. The number of ketones is 1. The smallest absolute Gasteiger partial charge is 0.280 e. The summed E-state index contributed by atoms with van der Waals surface area (Å²) in [7, 11) is 0. The van der Waals surface area contributed by atoms with Crippen molar-refractivity contribution in [3.63, 3.8) is 0 Å². The number of rotatable bonds is 3. The van der Waals surface area contributed by atoms with Gasteiger partial charge < -0.3 is 0 Å². The van der Waals surface area contributed by atoms with Gasteiger partial charge in [-0.25, -0.2) is 0 Å². The molecule has 0 heterocycles. The summed E-state index contributed by atoms with van der Waals surface area (Å²) in [4.78, 5) is 23.2. The van der Waals surface area contributed by atoms with Gasteiger partial charge in [0, 0.05) is 11.6 Å². The predicted octanol–water partition coefficient (Wildman–Crippen LogP) is 3.98. The molecule has 0 fully saturated rings. The van der Waals surface area contributed by atoms with Gasteiger partial charge in [-0.2, -0.15) is 0 Å². The summed E-state index contributed by atoms with van der Waals surface area (Å²) < 4.78 is 0. The van der Waals surface area contributed by atoms with Crippen LogP contribution in [-0.4, -0.2) is 10.7 Å². The van der Waals surface area contributed by atoms with E-state index in [1.807, 2.05) is 30.3 Å². The highest BCUT2D eigenvalue weighted by Crippen LogP contribution is 2.25. The summed E-state index contributed by atoms with van der Waals surface area (Å²) in [6.07, 6.45) is 0. The summed E-state index contributed by atoms with van der Waals surface area (Å²) >= 11 is 0. The Morgan fingerprint density at radius 3 is 2.24 bits per heavy atom. The van der Waals surface area contributed by atoms with Crippen LogP contribution < -0.4 is 0 Å². The molecule has 3 aromatic carbocycles. The first kappa shape index (κ1) is 13.0. The maximum absolute atomic E-state index is 12.7. The van der Waals surface area contributed by atoms with Crippen LogP contribution in [0.1, 0.15) is 15.9 Å². The van der Waals surface area contributed by atoms with Gasteiger partial charge in [0.25, 0.3) is 5.69 Å². The molecule has 0 aromatic heterocycles. The topological polar surface area (TPSA) is 60.2 Å². The van der Waals surface area contributed by atoms with Crippen molar-refractivity contribution in [3.8, 4) is 0 Å². The summed E-state index contributed by atoms with van der Waals surface area (Å²) in [6.45, 7) is 0. The molecule has 0 N–H and O–H groups in total. The Labute approximate surface area is 120 Å². The average molecular weight is 277 g/mol. The van der Waals surface area contributed by atoms with E-state index in [4.69, 9.17) is 0 Å². The molecule has 0 atom stereocenters. The van der Waals surface area contributed by atoms with Gasteiger partial charge in [-0.15, -0.1) is 0 Å². The highest BCUT2D eigenvalue weighted by atomic mass is 16.6. The molecular weight excluding hydrogens is 266 g/mol.